The molecule has 106 valence electrons. The van der Waals surface area contributed by atoms with Gasteiger partial charge in [-0.05, 0) is 30.3 Å². The third kappa shape index (κ3) is 3.14. The number of hydrogen-bond donors (Lipinski definition) is 1. The summed E-state index contributed by atoms with van der Waals surface area (Å²) in [6, 6.07) is 6.34. The van der Waals surface area contributed by atoms with Gasteiger partial charge in [-0.2, -0.15) is 0 Å². The van der Waals surface area contributed by atoms with E-state index >= 15 is 0 Å². The van der Waals surface area contributed by atoms with Crippen LogP contribution in [0.15, 0.2) is 30.3 Å². The topological polar surface area (TPSA) is 12.0 Å². The zero-order valence-corrected chi connectivity index (χ0v) is 11.6. The van der Waals surface area contributed by atoms with Crippen molar-refractivity contribution >= 4 is 11.6 Å². The standard InChI is InChI=1S/C15H13ClF3N/c1-2-20-8-9-3-4-10(13(17)5-9)11-6-14(18)15(19)7-12(11)16/h3-7,20H,2,8H2,1H3. The Labute approximate surface area is 120 Å². The van der Waals surface area contributed by atoms with Gasteiger partial charge in [-0.1, -0.05) is 30.7 Å². The van der Waals surface area contributed by atoms with Gasteiger partial charge in [0.1, 0.15) is 5.82 Å². The number of rotatable bonds is 4. The van der Waals surface area contributed by atoms with Crippen molar-refractivity contribution in [1.29, 1.82) is 0 Å². The van der Waals surface area contributed by atoms with Crippen molar-refractivity contribution in [3.05, 3.63) is 58.4 Å². The molecule has 0 radical (unpaired) electrons. The smallest absolute Gasteiger partial charge is 0.160 e. The van der Waals surface area contributed by atoms with Gasteiger partial charge in [0, 0.05) is 17.7 Å². The fraction of sp³-hybridized carbons (Fsp3) is 0.200. The van der Waals surface area contributed by atoms with Gasteiger partial charge in [-0.25, -0.2) is 13.2 Å². The SMILES string of the molecule is CCNCc1ccc(-c2cc(F)c(F)cc2Cl)c(F)c1. The summed E-state index contributed by atoms with van der Waals surface area (Å²) in [5.41, 5.74) is 1.05. The molecule has 0 aliphatic heterocycles. The lowest BCUT2D eigenvalue weighted by molar-refractivity contribution is 0.509. The molecule has 2 aromatic carbocycles. The van der Waals surface area contributed by atoms with E-state index in [1.807, 2.05) is 6.92 Å². The Hall–Kier alpha value is -1.52. The van der Waals surface area contributed by atoms with Crippen LogP contribution in [0.25, 0.3) is 11.1 Å². The Morgan fingerprint density at radius 1 is 0.950 bits per heavy atom. The van der Waals surface area contributed by atoms with E-state index in [1.165, 1.54) is 12.1 Å². The van der Waals surface area contributed by atoms with Gasteiger partial charge >= 0.3 is 0 Å². The highest BCUT2D eigenvalue weighted by Gasteiger charge is 2.13. The lowest BCUT2D eigenvalue weighted by Gasteiger charge is -2.09. The van der Waals surface area contributed by atoms with Crippen molar-refractivity contribution in [1.82, 2.24) is 5.32 Å². The molecular weight excluding hydrogens is 287 g/mol. The molecule has 0 unspecified atom stereocenters. The minimum absolute atomic E-state index is 0.0257. The third-order valence-corrected chi connectivity index (χ3v) is 3.23. The molecule has 0 bridgehead atoms. The average molecular weight is 300 g/mol. The predicted molar refractivity (Wildman–Crippen MR) is 74.1 cm³/mol. The van der Waals surface area contributed by atoms with Crippen LogP contribution >= 0.6 is 11.6 Å². The minimum Gasteiger partial charge on any atom is -0.313 e. The van der Waals surface area contributed by atoms with E-state index in [-0.39, 0.29) is 16.1 Å². The van der Waals surface area contributed by atoms with E-state index in [1.54, 1.807) is 6.07 Å². The van der Waals surface area contributed by atoms with E-state index in [0.29, 0.717) is 6.54 Å². The Morgan fingerprint density at radius 2 is 1.65 bits per heavy atom. The van der Waals surface area contributed by atoms with Crippen LogP contribution in [0.2, 0.25) is 5.02 Å². The summed E-state index contributed by atoms with van der Waals surface area (Å²) in [5, 5.41) is 3.05. The fourth-order valence-electron chi connectivity index (χ4n) is 1.89. The molecule has 0 saturated carbocycles. The summed E-state index contributed by atoms with van der Waals surface area (Å²) in [5.74, 6) is -2.63. The Kier molecular flexibility index (Phi) is 4.68. The molecule has 1 N–H and O–H groups in total. The van der Waals surface area contributed by atoms with Gasteiger partial charge < -0.3 is 5.32 Å². The highest BCUT2D eigenvalue weighted by molar-refractivity contribution is 6.33. The molecule has 0 spiro atoms. The molecule has 0 atom stereocenters. The molecular formula is C15H13ClF3N. The highest BCUT2D eigenvalue weighted by atomic mass is 35.5. The summed E-state index contributed by atoms with van der Waals surface area (Å²) in [6.07, 6.45) is 0. The van der Waals surface area contributed by atoms with Gasteiger partial charge in [0.2, 0.25) is 0 Å². The maximum atomic E-state index is 14.1. The van der Waals surface area contributed by atoms with Gasteiger partial charge in [-0.3, -0.25) is 0 Å². The minimum atomic E-state index is -1.06. The Bertz CT molecular complexity index is 629. The van der Waals surface area contributed by atoms with E-state index in [4.69, 9.17) is 11.6 Å². The summed E-state index contributed by atoms with van der Waals surface area (Å²) in [4.78, 5) is 0. The quantitative estimate of drug-likeness (QED) is 0.818. The molecule has 0 aromatic heterocycles. The van der Waals surface area contributed by atoms with E-state index < -0.39 is 17.5 Å². The third-order valence-electron chi connectivity index (χ3n) is 2.91. The molecule has 0 aliphatic carbocycles. The van der Waals surface area contributed by atoms with Gasteiger partial charge in [0.15, 0.2) is 11.6 Å². The molecule has 5 heteroatoms. The Morgan fingerprint density at radius 3 is 2.30 bits per heavy atom. The number of nitrogens with one attached hydrogen (secondary N) is 1. The number of hydrogen-bond acceptors (Lipinski definition) is 1. The number of benzene rings is 2. The lowest BCUT2D eigenvalue weighted by Crippen LogP contribution is -2.11. The second-order valence-electron chi connectivity index (χ2n) is 4.34. The largest absolute Gasteiger partial charge is 0.313 e. The van der Waals surface area contributed by atoms with Crippen LogP contribution in [0.5, 0.6) is 0 Å². The van der Waals surface area contributed by atoms with Crippen molar-refractivity contribution in [3.8, 4) is 11.1 Å². The maximum Gasteiger partial charge on any atom is 0.160 e. The monoisotopic (exact) mass is 299 g/mol. The van der Waals surface area contributed by atoms with Crippen LogP contribution in [0.4, 0.5) is 13.2 Å². The highest BCUT2D eigenvalue weighted by Crippen LogP contribution is 2.32. The van der Waals surface area contributed by atoms with Crippen LogP contribution in [0.3, 0.4) is 0 Å². The van der Waals surface area contributed by atoms with Crippen LogP contribution in [0.1, 0.15) is 12.5 Å². The van der Waals surface area contributed by atoms with Crippen molar-refractivity contribution in [2.24, 2.45) is 0 Å². The first kappa shape index (κ1) is 14.9. The maximum absolute atomic E-state index is 14.1. The zero-order valence-electron chi connectivity index (χ0n) is 10.8. The fourth-order valence-corrected chi connectivity index (χ4v) is 2.14. The molecule has 0 aliphatic rings. The first-order chi connectivity index (χ1) is 9.52. The molecule has 0 fully saturated rings. The molecule has 0 amide bonds. The van der Waals surface area contributed by atoms with Gasteiger partial charge in [-0.15, -0.1) is 0 Å². The van der Waals surface area contributed by atoms with Crippen LogP contribution in [-0.4, -0.2) is 6.54 Å². The predicted octanol–water partition coefficient (Wildman–Crippen LogP) is 4.53. The van der Waals surface area contributed by atoms with Crippen molar-refractivity contribution in [2.75, 3.05) is 6.54 Å². The van der Waals surface area contributed by atoms with E-state index in [9.17, 15) is 13.2 Å². The zero-order chi connectivity index (χ0) is 14.7. The second-order valence-corrected chi connectivity index (χ2v) is 4.75. The molecule has 2 aromatic rings. The van der Waals surface area contributed by atoms with Gasteiger partial charge in [0.25, 0.3) is 0 Å². The van der Waals surface area contributed by atoms with Crippen molar-refractivity contribution in [3.63, 3.8) is 0 Å². The molecule has 0 saturated heterocycles. The average Bonchev–Trinajstić information content (AvgIpc) is 2.41. The van der Waals surface area contributed by atoms with Gasteiger partial charge in [0.05, 0.1) is 5.02 Å². The second kappa shape index (κ2) is 6.29. The Balaban J connectivity index is 2.41. The van der Waals surface area contributed by atoms with Crippen LogP contribution in [0, 0.1) is 17.5 Å². The summed E-state index contributed by atoms with van der Waals surface area (Å²) < 4.78 is 40.3. The molecule has 20 heavy (non-hydrogen) atoms. The van der Waals surface area contributed by atoms with Crippen molar-refractivity contribution < 1.29 is 13.2 Å². The lowest BCUT2D eigenvalue weighted by atomic mass is 10.0. The molecule has 1 nitrogen and oxygen atoms in total. The van der Waals surface area contributed by atoms with E-state index in [2.05, 4.69) is 5.32 Å². The molecule has 2 rings (SSSR count). The van der Waals surface area contributed by atoms with E-state index in [0.717, 1.165) is 24.2 Å². The van der Waals surface area contributed by atoms with Crippen molar-refractivity contribution in [2.45, 2.75) is 13.5 Å². The van der Waals surface area contributed by atoms with Crippen LogP contribution in [-0.2, 0) is 6.54 Å². The first-order valence-electron chi connectivity index (χ1n) is 6.17. The number of halogens is 4. The first-order valence-corrected chi connectivity index (χ1v) is 6.54. The summed E-state index contributed by atoms with van der Waals surface area (Å²) in [7, 11) is 0. The summed E-state index contributed by atoms with van der Waals surface area (Å²) in [6.45, 7) is 3.27. The summed E-state index contributed by atoms with van der Waals surface area (Å²) >= 11 is 5.85. The molecule has 0 heterocycles. The van der Waals surface area contributed by atoms with Crippen LogP contribution < -0.4 is 5.32 Å². The normalized spacial score (nSPS) is 10.8.